The van der Waals surface area contributed by atoms with Crippen LogP contribution in [0.15, 0.2) is 0 Å². The molecule has 1 N–H and O–H groups in total. The molecule has 3 fully saturated rings. The fraction of sp³-hybridized carbons (Fsp3) is 0.933. The highest BCUT2D eigenvalue weighted by molar-refractivity contribution is 14.1. The van der Waals surface area contributed by atoms with Crippen molar-refractivity contribution in [2.24, 2.45) is 11.3 Å². The number of rotatable bonds is 4. The van der Waals surface area contributed by atoms with Gasteiger partial charge in [0.05, 0.1) is 5.60 Å². The van der Waals surface area contributed by atoms with Gasteiger partial charge in [-0.3, -0.25) is 4.79 Å². The van der Waals surface area contributed by atoms with Crippen LogP contribution < -0.4 is 0 Å². The molecule has 3 aliphatic rings. The highest BCUT2D eigenvalue weighted by Gasteiger charge is 2.80. The van der Waals surface area contributed by atoms with E-state index in [1.807, 2.05) is 6.92 Å². The Hall–Kier alpha value is 0.890. The van der Waals surface area contributed by atoms with Gasteiger partial charge in [-0.2, -0.15) is 0 Å². The van der Waals surface area contributed by atoms with E-state index < -0.39 is 9.02 Å². The minimum absolute atomic E-state index is 0.0618. The van der Waals surface area contributed by atoms with Crippen LogP contribution in [0, 0.1) is 11.3 Å². The monoisotopic (exact) mass is 504 g/mol. The van der Waals surface area contributed by atoms with Crippen LogP contribution in [0.5, 0.6) is 0 Å². The van der Waals surface area contributed by atoms with Crippen LogP contribution in [0.3, 0.4) is 0 Å². The van der Waals surface area contributed by atoms with E-state index in [4.69, 9.17) is 4.74 Å². The van der Waals surface area contributed by atoms with E-state index in [1.54, 1.807) is 0 Å². The highest BCUT2D eigenvalue weighted by atomic mass is 127. The van der Waals surface area contributed by atoms with Crippen LogP contribution in [0.4, 0.5) is 0 Å². The molecule has 0 radical (unpaired) electrons. The third-order valence-electron chi connectivity index (χ3n) is 5.87. The van der Waals surface area contributed by atoms with Gasteiger partial charge in [-0.15, -0.1) is 0 Å². The molecule has 3 aliphatic carbocycles. The molecule has 114 valence electrons. The van der Waals surface area contributed by atoms with Gasteiger partial charge in [0, 0.05) is 16.3 Å². The normalized spacial score (nSPS) is 48.4. The molecule has 5 heteroatoms. The third-order valence-corrected chi connectivity index (χ3v) is 9.68. The van der Waals surface area contributed by atoms with Crippen LogP contribution >= 0.6 is 45.2 Å². The molecule has 5 unspecified atom stereocenters. The number of hydrogen-bond donors (Lipinski definition) is 1. The number of ether oxygens (including phenoxy) is 1. The van der Waals surface area contributed by atoms with Crippen LogP contribution in [-0.4, -0.2) is 30.1 Å². The Kier molecular flexibility index (Phi) is 3.70. The van der Waals surface area contributed by atoms with Gasteiger partial charge in [0.1, 0.15) is 9.02 Å². The minimum atomic E-state index is -0.545. The zero-order chi connectivity index (χ0) is 14.8. The second-order valence-electron chi connectivity index (χ2n) is 7.27. The first-order chi connectivity index (χ1) is 9.23. The number of aliphatic hydroxyl groups is 1. The lowest BCUT2D eigenvalue weighted by molar-refractivity contribution is -0.166. The Morgan fingerprint density at radius 1 is 1.45 bits per heavy atom. The lowest BCUT2D eigenvalue weighted by Crippen LogP contribution is -2.44. The maximum atomic E-state index is 12.4. The Balaban J connectivity index is 1.78. The number of hydrogen-bond acceptors (Lipinski definition) is 3. The predicted octanol–water partition coefficient (Wildman–Crippen LogP) is 3.63. The summed E-state index contributed by atoms with van der Waals surface area (Å²) in [5.74, 6) is 0.500. The largest absolute Gasteiger partial charge is 0.458 e. The van der Waals surface area contributed by atoms with Gasteiger partial charge in [0.25, 0.3) is 0 Å². The predicted molar refractivity (Wildman–Crippen MR) is 94.4 cm³/mol. The first-order valence-corrected chi connectivity index (χ1v) is 10.0. The van der Waals surface area contributed by atoms with E-state index in [9.17, 15) is 9.90 Å². The molecule has 0 aromatic heterocycles. The number of alkyl halides is 2. The number of fused-ring (bicyclic) bond motifs is 1. The molecule has 3 nitrogen and oxygen atoms in total. The van der Waals surface area contributed by atoms with Crippen LogP contribution in [0.1, 0.15) is 52.4 Å². The lowest BCUT2D eigenvalue weighted by atomic mass is 9.71. The molecule has 0 saturated heterocycles. The number of carbonyl (C=O) groups is 1. The molecule has 3 saturated carbocycles. The van der Waals surface area contributed by atoms with E-state index in [0.29, 0.717) is 12.3 Å². The third kappa shape index (κ3) is 2.08. The van der Waals surface area contributed by atoms with E-state index in [0.717, 1.165) is 36.5 Å². The Morgan fingerprint density at radius 2 is 2.15 bits per heavy atom. The van der Waals surface area contributed by atoms with Gasteiger partial charge in [-0.1, -0.05) is 58.5 Å². The average molecular weight is 504 g/mol. The molecule has 20 heavy (non-hydrogen) atoms. The molecule has 2 bridgehead atoms. The van der Waals surface area contributed by atoms with Gasteiger partial charge >= 0.3 is 5.97 Å². The SMILES string of the molecule is CCC1CCC2(OC(=O)C(C)(I)CI)CC3(O)CC13C2. The van der Waals surface area contributed by atoms with Crippen molar-refractivity contribution in [2.45, 2.75) is 67.0 Å². The van der Waals surface area contributed by atoms with Crippen molar-refractivity contribution in [3.63, 3.8) is 0 Å². The average Bonchev–Trinajstić information content (AvgIpc) is 2.85. The zero-order valence-corrected chi connectivity index (χ0v) is 16.4. The molecule has 3 rings (SSSR count). The van der Waals surface area contributed by atoms with Gasteiger partial charge in [0.15, 0.2) is 0 Å². The van der Waals surface area contributed by atoms with E-state index in [2.05, 4.69) is 52.1 Å². The molecular weight excluding hydrogens is 482 g/mol. The van der Waals surface area contributed by atoms with Crippen molar-refractivity contribution >= 4 is 51.2 Å². The Morgan fingerprint density at radius 3 is 2.75 bits per heavy atom. The summed E-state index contributed by atoms with van der Waals surface area (Å²) in [5.41, 5.74) is -0.864. The summed E-state index contributed by atoms with van der Waals surface area (Å²) >= 11 is 4.42. The van der Waals surface area contributed by atoms with Crippen LogP contribution in [0.25, 0.3) is 0 Å². The summed E-state index contributed by atoms with van der Waals surface area (Å²) in [6.07, 6.45) is 5.62. The molecule has 0 aromatic rings. The molecule has 0 aromatic carbocycles. The van der Waals surface area contributed by atoms with Crippen molar-refractivity contribution < 1.29 is 14.6 Å². The summed E-state index contributed by atoms with van der Waals surface area (Å²) in [6, 6.07) is 0. The van der Waals surface area contributed by atoms with Gasteiger partial charge in [-0.25, -0.2) is 0 Å². The topological polar surface area (TPSA) is 46.5 Å². The van der Waals surface area contributed by atoms with E-state index in [1.165, 1.54) is 0 Å². The molecule has 1 spiro atoms. The van der Waals surface area contributed by atoms with Gasteiger partial charge in [0.2, 0.25) is 0 Å². The van der Waals surface area contributed by atoms with Crippen LogP contribution in [0.2, 0.25) is 0 Å². The molecule has 0 amide bonds. The number of halogens is 2. The summed E-state index contributed by atoms with van der Waals surface area (Å²) in [5, 5.41) is 10.8. The summed E-state index contributed by atoms with van der Waals surface area (Å²) in [4.78, 5) is 12.4. The molecule has 0 heterocycles. The van der Waals surface area contributed by atoms with Gasteiger partial charge < -0.3 is 9.84 Å². The van der Waals surface area contributed by atoms with Crippen molar-refractivity contribution in [2.75, 3.05) is 4.43 Å². The first-order valence-electron chi connectivity index (χ1n) is 7.43. The quantitative estimate of drug-likeness (QED) is 0.362. The molecular formula is C15H22I2O3. The second-order valence-corrected chi connectivity index (χ2v) is 10.4. The fourth-order valence-electron chi connectivity index (χ4n) is 4.75. The highest BCUT2D eigenvalue weighted by Crippen LogP contribution is 2.77. The second kappa shape index (κ2) is 4.69. The standard InChI is InChI=1S/C15H22I2O3/c1-3-10-4-5-13(20-11(18)12(2,17)9-16)6-14(10)8-15(14,19)7-13/h10,19H,3-9H2,1-2H3. The van der Waals surface area contributed by atoms with Crippen LogP contribution in [-0.2, 0) is 9.53 Å². The lowest BCUT2D eigenvalue weighted by Gasteiger charge is -2.40. The van der Waals surface area contributed by atoms with Crippen molar-refractivity contribution in [3.05, 3.63) is 0 Å². The van der Waals surface area contributed by atoms with Crippen molar-refractivity contribution in [1.29, 1.82) is 0 Å². The molecule has 5 atom stereocenters. The van der Waals surface area contributed by atoms with Gasteiger partial charge in [-0.05, 0) is 38.5 Å². The number of esters is 1. The number of carbonyl (C=O) groups excluding carboxylic acids is 1. The van der Waals surface area contributed by atoms with Crippen molar-refractivity contribution in [1.82, 2.24) is 0 Å². The summed E-state index contributed by atoms with van der Waals surface area (Å²) in [6.45, 7) is 4.14. The maximum absolute atomic E-state index is 12.4. The Labute approximate surface area is 147 Å². The fourth-order valence-corrected chi connectivity index (χ4v) is 5.17. The molecule has 0 aliphatic heterocycles. The van der Waals surface area contributed by atoms with E-state index >= 15 is 0 Å². The smallest absolute Gasteiger partial charge is 0.323 e. The Bertz CT molecular complexity index is 452. The maximum Gasteiger partial charge on any atom is 0.323 e. The summed E-state index contributed by atoms with van der Waals surface area (Å²) < 4.78 is 6.25. The van der Waals surface area contributed by atoms with Crippen molar-refractivity contribution in [3.8, 4) is 0 Å². The first kappa shape index (κ1) is 15.8. The summed E-state index contributed by atoms with van der Waals surface area (Å²) in [7, 11) is 0. The zero-order valence-electron chi connectivity index (χ0n) is 12.0. The minimum Gasteiger partial charge on any atom is -0.458 e. The van der Waals surface area contributed by atoms with E-state index in [-0.39, 0.29) is 17.0 Å².